The molecule has 6 nitrogen and oxygen atoms in total. The number of nitrogens with zero attached hydrogens (tertiary/aromatic N) is 1. The molecule has 0 aliphatic heterocycles. The molecule has 0 saturated heterocycles. The van der Waals surface area contributed by atoms with Crippen molar-refractivity contribution in [2.75, 3.05) is 30.8 Å². The molecule has 34 heavy (non-hydrogen) atoms. The van der Waals surface area contributed by atoms with Crippen LogP contribution in [0.3, 0.4) is 0 Å². The molecule has 2 amide bonds. The molecule has 0 radical (unpaired) electrons. The number of fused-ring (bicyclic) bond motifs is 1. The Morgan fingerprint density at radius 2 is 1.76 bits per heavy atom. The predicted octanol–water partition coefficient (Wildman–Crippen LogP) is 4.51. The lowest BCUT2D eigenvalue weighted by Gasteiger charge is -2.27. The van der Waals surface area contributed by atoms with E-state index in [-0.39, 0.29) is 24.4 Å². The van der Waals surface area contributed by atoms with Crippen molar-refractivity contribution in [1.82, 2.24) is 4.90 Å². The van der Waals surface area contributed by atoms with Gasteiger partial charge >= 0.3 is 0 Å². The third kappa shape index (κ3) is 5.28. The molecular weight excluding hydrogens is 426 g/mol. The van der Waals surface area contributed by atoms with Gasteiger partial charge in [0.25, 0.3) is 5.91 Å². The zero-order chi connectivity index (χ0) is 23.9. The minimum atomic E-state index is -0.262. The monoisotopic (exact) mass is 453 g/mol. The Morgan fingerprint density at radius 3 is 2.53 bits per heavy atom. The van der Waals surface area contributed by atoms with E-state index in [1.165, 1.54) is 11.1 Å². The first-order chi connectivity index (χ1) is 16.6. The largest absolute Gasteiger partial charge is 0.495 e. The third-order valence-electron chi connectivity index (χ3n) is 5.97. The molecular formula is C28H27N3O3. The summed E-state index contributed by atoms with van der Waals surface area (Å²) in [5.74, 6) is 2.86. The van der Waals surface area contributed by atoms with Crippen LogP contribution in [-0.4, -0.2) is 36.9 Å². The van der Waals surface area contributed by atoms with Gasteiger partial charge in [0.05, 0.1) is 25.9 Å². The van der Waals surface area contributed by atoms with Gasteiger partial charge in [-0.15, -0.1) is 6.42 Å². The molecule has 0 heterocycles. The number of nitrogens with one attached hydrogen (secondary N) is 2. The van der Waals surface area contributed by atoms with Crippen molar-refractivity contribution in [2.24, 2.45) is 0 Å². The molecule has 0 aromatic heterocycles. The van der Waals surface area contributed by atoms with Crippen LogP contribution in [-0.2, 0) is 11.2 Å². The number of hydrogen-bond acceptors (Lipinski definition) is 4. The van der Waals surface area contributed by atoms with Gasteiger partial charge in [-0.25, -0.2) is 0 Å². The Bertz CT molecular complexity index is 1210. The maximum absolute atomic E-state index is 12.8. The number of methoxy groups -OCH3 is 1. The summed E-state index contributed by atoms with van der Waals surface area (Å²) in [7, 11) is 1.55. The van der Waals surface area contributed by atoms with E-state index in [9.17, 15) is 9.59 Å². The van der Waals surface area contributed by atoms with Crippen LogP contribution in [0.25, 0.3) is 0 Å². The number of hydrogen-bond donors (Lipinski definition) is 2. The van der Waals surface area contributed by atoms with Crippen molar-refractivity contribution >= 4 is 23.2 Å². The number of aryl methyl sites for hydroxylation is 1. The fraction of sp³-hybridized carbons (Fsp3) is 0.214. The predicted molar refractivity (Wildman–Crippen MR) is 134 cm³/mol. The molecule has 172 valence electrons. The number of anilines is 2. The minimum absolute atomic E-state index is 0.138. The summed E-state index contributed by atoms with van der Waals surface area (Å²) in [6, 6.07) is 22.4. The van der Waals surface area contributed by atoms with Crippen molar-refractivity contribution in [3.63, 3.8) is 0 Å². The highest BCUT2D eigenvalue weighted by molar-refractivity contribution is 6.05. The summed E-state index contributed by atoms with van der Waals surface area (Å²) < 4.78 is 5.27. The summed E-state index contributed by atoms with van der Waals surface area (Å²) in [6.45, 7) is 0.591. The first-order valence-corrected chi connectivity index (χ1v) is 11.2. The molecule has 1 aliphatic rings. The Labute approximate surface area is 199 Å². The van der Waals surface area contributed by atoms with Gasteiger partial charge in [-0.3, -0.25) is 14.5 Å². The SMILES string of the molecule is C#CCN(CC(=O)Nc1ccc(C(=O)Nc2ccccc2OC)cc1)C1CCc2ccccc21. The van der Waals surface area contributed by atoms with Gasteiger partial charge in [0.2, 0.25) is 5.91 Å². The van der Waals surface area contributed by atoms with E-state index in [0.29, 0.717) is 29.2 Å². The molecule has 0 fully saturated rings. The average molecular weight is 454 g/mol. The summed E-state index contributed by atoms with van der Waals surface area (Å²) in [5, 5.41) is 5.75. The van der Waals surface area contributed by atoms with Gasteiger partial charge in [-0.05, 0) is 60.4 Å². The van der Waals surface area contributed by atoms with E-state index >= 15 is 0 Å². The summed E-state index contributed by atoms with van der Waals surface area (Å²) in [6.07, 6.45) is 7.53. The number of carbonyl (C=O) groups is 2. The highest BCUT2D eigenvalue weighted by atomic mass is 16.5. The zero-order valence-corrected chi connectivity index (χ0v) is 19.1. The van der Waals surface area contributed by atoms with Gasteiger partial charge in [-0.1, -0.05) is 42.3 Å². The number of ether oxygens (including phenoxy) is 1. The van der Waals surface area contributed by atoms with Crippen LogP contribution in [0.4, 0.5) is 11.4 Å². The lowest BCUT2D eigenvalue weighted by atomic mass is 10.1. The number of carbonyl (C=O) groups excluding carboxylic acids is 2. The van der Waals surface area contributed by atoms with E-state index in [2.05, 4.69) is 28.7 Å². The van der Waals surface area contributed by atoms with E-state index in [1.54, 1.807) is 43.5 Å². The van der Waals surface area contributed by atoms with Crippen molar-refractivity contribution in [2.45, 2.75) is 18.9 Å². The van der Waals surface area contributed by atoms with Gasteiger partial charge in [0, 0.05) is 17.3 Å². The molecule has 3 aromatic carbocycles. The second-order valence-electron chi connectivity index (χ2n) is 8.14. The van der Waals surface area contributed by atoms with Gasteiger partial charge in [0.1, 0.15) is 5.75 Å². The Kier molecular flexibility index (Phi) is 7.26. The van der Waals surface area contributed by atoms with Crippen molar-refractivity contribution in [3.8, 4) is 18.1 Å². The number of para-hydroxylation sites is 2. The number of terminal acetylenes is 1. The molecule has 2 N–H and O–H groups in total. The maximum Gasteiger partial charge on any atom is 0.255 e. The van der Waals surface area contributed by atoms with Crippen LogP contribution in [0.1, 0.15) is 33.9 Å². The highest BCUT2D eigenvalue weighted by Gasteiger charge is 2.28. The van der Waals surface area contributed by atoms with Gasteiger partial charge in [-0.2, -0.15) is 0 Å². The minimum Gasteiger partial charge on any atom is -0.495 e. The smallest absolute Gasteiger partial charge is 0.255 e. The van der Waals surface area contributed by atoms with E-state index in [0.717, 1.165) is 12.8 Å². The average Bonchev–Trinajstić information content (AvgIpc) is 3.29. The van der Waals surface area contributed by atoms with Crippen LogP contribution in [0.2, 0.25) is 0 Å². The first kappa shape index (κ1) is 23.1. The van der Waals surface area contributed by atoms with Gasteiger partial charge in [0.15, 0.2) is 0 Å². The lowest BCUT2D eigenvalue weighted by molar-refractivity contribution is -0.117. The van der Waals surface area contributed by atoms with Crippen LogP contribution in [0.5, 0.6) is 5.75 Å². The Morgan fingerprint density at radius 1 is 1.03 bits per heavy atom. The Hall–Kier alpha value is -4.08. The summed E-state index contributed by atoms with van der Waals surface area (Å²) in [4.78, 5) is 27.4. The second-order valence-corrected chi connectivity index (χ2v) is 8.14. The number of amides is 2. The number of rotatable bonds is 8. The molecule has 0 spiro atoms. The van der Waals surface area contributed by atoms with E-state index in [4.69, 9.17) is 11.2 Å². The van der Waals surface area contributed by atoms with Crippen LogP contribution >= 0.6 is 0 Å². The fourth-order valence-electron chi connectivity index (χ4n) is 4.34. The van der Waals surface area contributed by atoms with Crippen LogP contribution in [0.15, 0.2) is 72.8 Å². The topological polar surface area (TPSA) is 70.7 Å². The zero-order valence-electron chi connectivity index (χ0n) is 19.1. The molecule has 1 atom stereocenters. The Balaban J connectivity index is 1.37. The van der Waals surface area contributed by atoms with Crippen LogP contribution < -0.4 is 15.4 Å². The van der Waals surface area contributed by atoms with Gasteiger partial charge < -0.3 is 15.4 Å². The van der Waals surface area contributed by atoms with Crippen molar-refractivity contribution < 1.29 is 14.3 Å². The summed E-state index contributed by atoms with van der Waals surface area (Å²) >= 11 is 0. The molecule has 0 bridgehead atoms. The molecule has 0 saturated carbocycles. The fourth-order valence-corrected chi connectivity index (χ4v) is 4.34. The van der Waals surface area contributed by atoms with Crippen molar-refractivity contribution in [1.29, 1.82) is 0 Å². The molecule has 4 rings (SSSR count). The highest BCUT2D eigenvalue weighted by Crippen LogP contribution is 2.35. The van der Waals surface area contributed by atoms with Crippen molar-refractivity contribution in [3.05, 3.63) is 89.5 Å². The quantitative estimate of drug-likeness (QED) is 0.493. The summed E-state index contributed by atoms with van der Waals surface area (Å²) in [5.41, 5.74) is 4.24. The first-order valence-electron chi connectivity index (χ1n) is 11.2. The molecule has 1 unspecified atom stereocenters. The molecule has 1 aliphatic carbocycles. The third-order valence-corrected chi connectivity index (χ3v) is 5.97. The lowest BCUT2D eigenvalue weighted by Crippen LogP contribution is -2.36. The molecule has 3 aromatic rings. The molecule has 6 heteroatoms. The normalized spacial score (nSPS) is 14.2. The standard InChI is InChI=1S/C28H27N3O3/c1-3-18-31(25-17-14-20-8-4-5-9-23(20)25)19-27(32)29-22-15-12-21(13-16-22)28(33)30-24-10-6-7-11-26(24)34-2/h1,4-13,15-16,25H,14,17-19H2,2H3,(H,29,32)(H,30,33). The number of benzene rings is 3. The maximum atomic E-state index is 12.8. The van der Waals surface area contributed by atoms with Crippen LogP contribution in [0, 0.1) is 12.3 Å². The second kappa shape index (κ2) is 10.7. The van der Waals surface area contributed by atoms with E-state index in [1.807, 2.05) is 29.2 Å². The van der Waals surface area contributed by atoms with E-state index < -0.39 is 0 Å².